The first-order valence-electron chi connectivity index (χ1n) is 7.05. The standard InChI is InChI=1S/C14H32N2/c1-5-6-7-8-9-10-11-12-15-13-14(2)16(3)4/h14-15H,5-13H2,1-4H3. The average molecular weight is 228 g/mol. The van der Waals surface area contributed by atoms with Gasteiger partial charge in [-0.2, -0.15) is 0 Å². The molecular formula is C14H32N2. The molecule has 0 aromatic heterocycles. The first-order valence-corrected chi connectivity index (χ1v) is 7.05. The van der Waals surface area contributed by atoms with Crippen molar-refractivity contribution in [3.8, 4) is 0 Å². The van der Waals surface area contributed by atoms with Crippen molar-refractivity contribution in [2.75, 3.05) is 27.2 Å². The van der Waals surface area contributed by atoms with Crippen LogP contribution in [-0.2, 0) is 0 Å². The van der Waals surface area contributed by atoms with Gasteiger partial charge in [0, 0.05) is 12.6 Å². The molecule has 0 amide bonds. The summed E-state index contributed by atoms with van der Waals surface area (Å²) < 4.78 is 0. The monoisotopic (exact) mass is 228 g/mol. The third kappa shape index (κ3) is 10.4. The maximum absolute atomic E-state index is 3.53. The lowest BCUT2D eigenvalue weighted by atomic mass is 10.1. The Morgan fingerprint density at radius 3 is 2.06 bits per heavy atom. The minimum atomic E-state index is 0.643. The molecule has 0 spiro atoms. The molecule has 98 valence electrons. The molecule has 0 radical (unpaired) electrons. The highest BCUT2D eigenvalue weighted by Crippen LogP contribution is 2.06. The molecule has 1 atom stereocenters. The summed E-state index contributed by atoms with van der Waals surface area (Å²) in [4.78, 5) is 2.26. The Labute approximate surface area is 103 Å². The molecule has 0 aromatic carbocycles. The van der Waals surface area contributed by atoms with Crippen LogP contribution >= 0.6 is 0 Å². The normalized spacial score (nSPS) is 13.3. The Kier molecular flexibility index (Phi) is 11.3. The summed E-state index contributed by atoms with van der Waals surface area (Å²) in [6.45, 7) is 6.84. The Bertz CT molecular complexity index is 135. The number of unbranched alkanes of at least 4 members (excludes halogenated alkanes) is 6. The lowest BCUT2D eigenvalue weighted by Crippen LogP contribution is -2.35. The van der Waals surface area contributed by atoms with E-state index in [4.69, 9.17) is 0 Å². The summed E-state index contributed by atoms with van der Waals surface area (Å²) >= 11 is 0. The number of likely N-dealkylation sites (N-methyl/N-ethyl adjacent to an activating group) is 1. The van der Waals surface area contributed by atoms with Crippen LogP contribution in [0.3, 0.4) is 0 Å². The summed E-state index contributed by atoms with van der Waals surface area (Å²) in [6, 6.07) is 0.643. The average Bonchev–Trinajstić information content (AvgIpc) is 2.26. The number of nitrogens with zero attached hydrogens (tertiary/aromatic N) is 1. The summed E-state index contributed by atoms with van der Waals surface area (Å²) in [5, 5.41) is 3.53. The van der Waals surface area contributed by atoms with Gasteiger partial charge in [-0.05, 0) is 34.0 Å². The smallest absolute Gasteiger partial charge is 0.0186 e. The highest BCUT2D eigenvalue weighted by atomic mass is 15.1. The van der Waals surface area contributed by atoms with Gasteiger partial charge in [0.15, 0.2) is 0 Å². The van der Waals surface area contributed by atoms with Gasteiger partial charge in [0.2, 0.25) is 0 Å². The van der Waals surface area contributed by atoms with Crippen molar-refractivity contribution in [3.05, 3.63) is 0 Å². The zero-order valence-corrected chi connectivity index (χ0v) is 11.9. The molecule has 0 aliphatic heterocycles. The van der Waals surface area contributed by atoms with Crippen molar-refractivity contribution in [1.29, 1.82) is 0 Å². The molecule has 1 unspecified atom stereocenters. The van der Waals surface area contributed by atoms with Gasteiger partial charge in [-0.15, -0.1) is 0 Å². The van der Waals surface area contributed by atoms with Crippen LogP contribution in [0.15, 0.2) is 0 Å². The van der Waals surface area contributed by atoms with Gasteiger partial charge in [0.05, 0.1) is 0 Å². The lowest BCUT2D eigenvalue weighted by Gasteiger charge is -2.19. The van der Waals surface area contributed by atoms with Crippen LogP contribution in [0.5, 0.6) is 0 Å². The minimum Gasteiger partial charge on any atom is -0.315 e. The highest BCUT2D eigenvalue weighted by Gasteiger charge is 2.02. The van der Waals surface area contributed by atoms with Crippen molar-refractivity contribution in [2.24, 2.45) is 0 Å². The quantitative estimate of drug-likeness (QED) is 0.546. The van der Waals surface area contributed by atoms with E-state index in [1.807, 2.05) is 0 Å². The Morgan fingerprint density at radius 1 is 0.938 bits per heavy atom. The second-order valence-electron chi connectivity index (χ2n) is 5.14. The van der Waals surface area contributed by atoms with Crippen LogP contribution in [0.2, 0.25) is 0 Å². The summed E-state index contributed by atoms with van der Waals surface area (Å²) in [7, 11) is 4.28. The molecule has 0 heterocycles. The third-order valence-electron chi connectivity index (χ3n) is 3.28. The predicted octanol–water partition coefficient (Wildman–Crippen LogP) is 3.28. The minimum absolute atomic E-state index is 0.643. The van der Waals surface area contributed by atoms with Gasteiger partial charge >= 0.3 is 0 Å². The van der Waals surface area contributed by atoms with E-state index in [0.717, 1.165) is 6.54 Å². The van der Waals surface area contributed by atoms with Gasteiger partial charge in [0.25, 0.3) is 0 Å². The number of nitrogens with one attached hydrogen (secondary N) is 1. The molecule has 0 bridgehead atoms. The van der Waals surface area contributed by atoms with Crippen molar-refractivity contribution < 1.29 is 0 Å². The summed E-state index contributed by atoms with van der Waals surface area (Å²) in [6.07, 6.45) is 9.79. The Hall–Kier alpha value is -0.0800. The molecule has 0 saturated carbocycles. The molecule has 16 heavy (non-hydrogen) atoms. The van der Waals surface area contributed by atoms with Gasteiger partial charge in [-0.3, -0.25) is 0 Å². The first kappa shape index (κ1) is 15.9. The van der Waals surface area contributed by atoms with Crippen molar-refractivity contribution in [2.45, 2.75) is 64.8 Å². The zero-order valence-electron chi connectivity index (χ0n) is 11.9. The maximum atomic E-state index is 3.53. The number of hydrogen-bond acceptors (Lipinski definition) is 2. The van der Waals surface area contributed by atoms with Gasteiger partial charge in [-0.25, -0.2) is 0 Å². The highest BCUT2D eigenvalue weighted by molar-refractivity contribution is 4.62. The molecule has 0 saturated heterocycles. The van der Waals surface area contributed by atoms with E-state index >= 15 is 0 Å². The fraction of sp³-hybridized carbons (Fsp3) is 1.00. The largest absolute Gasteiger partial charge is 0.315 e. The van der Waals surface area contributed by atoms with Crippen LogP contribution in [-0.4, -0.2) is 38.1 Å². The number of hydrogen-bond donors (Lipinski definition) is 1. The predicted molar refractivity (Wildman–Crippen MR) is 74.0 cm³/mol. The second-order valence-corrected chi connectivity index (χ2v) is 5.14. The summed E-state index contributed by atoms with van der Waals surface area (Å²) in [5.41, 5.74) is 0. The fourth-order valence-electron chi connectivity index (χ4n) is 1.70. The molecule has 0 aliphatic carbocycles. The van der Waals surface area contributed by atoms with Crippen molar-refractivity contribution >= 4 is 0 Å². The van der Waals surface area contributed by atoms with E-state index in [9.17, 15) is 0 Å². The van der Waals surface area contributed by atoms with Crippen LogP contribution in [0, 0.1) is 0 Å². The van der Waals surface area contributed by atoms with E-state index in [2.05, 4.69) is 38.2 Å². The molecule has 1 N–H and O–H groups in total. The summed E-state index contributed by atoms with van der Waals surface area (Å²) in [5.74, 6) is 0. The van der Waals surface area contributed by atoms with E-state index in [1.165, 1.54) is 51.5 Å². The van der Waals surface area contributed by atoms with Crippen molar-refractivity contribution in [1.82, 2.24) is 10.2 Å². The molecule has 0 aromatic rings. The van der Waals surface area contributed by atoms with Crippen LogP contribution in [0.4, 0.5) is 0 Å². The van der Waals surface area contributed by atoms with E-state index < -0.39 is 0 Å². The molecule has 0 fully saturated rings. The van der Waals surface area contributed by atoms with Crippen LogP contribution in [0.1, 0.15) is 58.8 Å². The molecular weight excluding hydrogens is 196 g/mol. The topological polar surface area (TPSA) is 15.3 Å². The maximum Gasteiger partial charge on any atom is 0.0186 e. The van der Waals surface area contributed by atoms with E-state index in [1.54, 1.807) is 0 Å². The molecule has 0 aliphatic rings. The number of rotatable bonds is 11. The van der Waals surface area contributed by atoms with Gasteiger partial charge in [0.1, 0.15) is 0 Å². The molecule has 0 rings (SSSR count). The SMILES string of the molecule is CCCCCCCCCNCC(C)N(C)C. The van der Waals surface area contributed by atoms with Crippen LogP contribution < -0.4 is 5.32 Å². The van der Waals surface area contributed by atoms with E-state index in [-0.39, 0.29) is 0 Å². The van der Waals surface area contributed by atoms with Gasteiger partial charge in [-0.1, -0.05) is 45.4 Å². The fourth-order valence-corrected chi connectivity index (χ4v) is 1.70. The lowest BCUT2D eigenvalue weighted by molar-refractivity contribution is 0.302. The second kappa shape index (κ2) is 11.4. The molecule has 2 heteroatoms. The molecule has 2 nitrogen and oxygen atoms in total. The van der Waals surface area contributed by atoms with E-state index in [0.29, 0.717) is 6.04 Å². The van der Waals surface area contributed by atoms with Crippen molar-refractivity contribution in [3.63, 3.8) is 0 Å². The van der Waals surface area contributed by atoms with Crippen LogP contribution in [0.25, 0.3) is 0 Å². The zero-order chi connectivity index (χ0) is 12.2. The van der Waals surface area contributed by atoms with Gasteiger partial charge < -0.3 is 10.2 Å². The third-order valence-corrected chi connectivity index (χ3v) is 3.28. The Balaban J connectivity index is 3.04. The Morgan fingerprint density at radius 2 is 1.50 bits per heavy atom. The first-order chi connectivity index (χ1) is 7.68.